The molecule has 0 bridgehead atoms. The Kier molecular flexibility index (Phi) is 6.74. The Bertz CT molecular complexity index is 1690. The maximum atomic E-state index is 13.4. The predicted molar refractivity (Wildman–Crippen MR) is 142 cm³/mol. The van der Waals surface area contributed by atoms with Crippen molar-refractivity contribution in [3.05, 3.63) is 93.7 Å². The molecular weight excluding hydrogens is 494 g/mol. The first kappa shape index (κ1) is 24.3. The molecule has 3 aromatic carbocycles. The molecule has 8 nitrogen and oxygen atoms in total. The highest BCUT2D eigenvalue weighted by molar-refractivity contribution is 6.31. The van der Waals surface area contributed by atoms with Crippen LogP contribution in [0.15, 0.2) is 87.1 Å². The van der Waals surface area contributed by atoms with E-state index < -0.39 is 5.97 Å². The second-order valence-electron chi connectivity index (χ2n) is 8.50. The number of nitrogens with zero attached hydrogens (tertiary/aromatic N) is 3. The van der Waals surface area contributed by atoms with E-state index >= 15 is 0 Å². The normalized spacial score (nSPS) is 11.6. The van der Waals surface area contributed by atoms with Gasteiger partial charge < -0.3 is 13.9 Å². The van der Waals surface area contributed by atoms with Crippen LogP contribution < -0.4 is 10.3 Å². The number of fused-ring (bicyclic) bond motifs is 2. The molecule has 37 heavy (non-hydrogen) atoms. The summed E-state index contributed by atoms with van der Waals surface area (Å²) in [6.45, 7) is 3.37. The summed E-state index contributed by atoms with van der Waals surface area (Å²) in [5, 5.41) is 6.23. The Morgan fingerprint density at radius 3 is 2.68 bits per heavy atom. The van der Waals surface area contributed by atoms with Crippen LogP contribution in [0, 0.1) is 0 Å². The summed E-state index contributed by atoms with van der Waals surface area (Å²) in [6.07, 6.45) is 1.34. The van der Waals surface area contributed by atoms with Crippen LogP contribution in [0.1, 0.15) is 19.4 Å². The van der Waals surface area contributed by atoms with Gasteiger partial charge in [-0.1, -0.05) is 23.7 Å². The summed E-state index contributed by atoms with van der Waals surface area (Å²) in [5.41, 5.74) is 1.52. The zero-order chi connectivity index (χ0) is 25.9. The molecule has 0 aliphatic heterocycles. The standard InChI is InChI=1S/C28H22ClN3O5/c1-17(2)36-26(33)16-35-21-10-7-18(8-11-21)15-30-32-27(31-23-6-4-3-5-22(23)28(32)34)25-14-19-13-20(29)9-12-24(19)37-25/h3-15,17H,16H2,1-2H3. The van der Waals surface area contributed by atoms with E-state index in [1.165, 1.54) is 10.9 Å². The van der Waals surface area contributed by atoms with E-state index in [9.17, 15) is 9.59 Å². The van der Waals surface area contributed by atoms with Gasteiger partial charge >= 0.3 is 5.97 Å². The van der Waals surface area contributed by atoms with Crippen LogP contribution in [0.2, 0.25) is 5.02 Å². The largest absolute Gasteiger partial charge is 0.482 e. The first-order valence-corrected chi connectivity index (χ1v) is 11.9. The summed E-state index contributed by atoms with van der Waals surface area (Å²) in [4.78, 5) is 29.7. The predicted octanol–water partition coefficient (Wildman–Crippen LogP) is 5.68. The molecule has 5 rings (SSSR count). The second-order valence-corrected chi connectivity index (χ2v) is 8.94. The maximum Gasteiger partial charge on any atom is 0.344 e. The molecule has 5 aromatic rings. The van der Waals surface area contributed by atoms with Crippen LogP contribution in [-0.4, -0.2) is 34.6 Å². The Labute approximate surface area is 216 Å². The average molecular weight is 516 g/mol. The van der Waals surface area contributed by atoms with Crippen LogP contribution in [-0.2, 0) is 9.53 Å². The summed E-state index contributed by atoms with van der Waals surface area (Å²) in [7, 11) is 0. The fourth-order valence-corrected chi connectivity index (χ4v) is 3.91. The summed E-state index contributed by atoms with van der Waals surface area (Å²) < 4.78 is 17.7. The Balaban J connectivity index is 1.47. The fraction of sp³-hybridized carbons (Fsp3) is 0.143. The van der Waals surface area contributed by atoms with Gasteiger partial charge in [-0.2, -0.15) is 9.78 Å². The number of esters is 1. The van der Waals surface area contributed by atoms with Crippen LogP contribution in [0.4, 0.5) is 0 Å². The molecule has 0 saturated carbocycles. The van der Waals surface area contributed by atoms with Crippen molar-refractivity contribution in [2.45, 2.75) is 20.0 Å². The molecule has 9 heteroatoms. The minimum Gasteiger partial charge on any atom is -0.482 e. The lowest BCUT2D eigenvalue weighted by molar-refractivity contribution is -0.149. The second kappa shape index (κ2) is 10.3. The van der Waals surface area contributed by atoms with Gasteiger partial charge in [0.15, 0.2) is 12.4 Å². The van der Waals surface area contributed by atoms with Crippen molar-refractivity contribution < 1.29 is 18.7 Å². The molecule has 2 aromatic heterocycles. The third-order valence-electron chi connectivity index (χ3n) is 5.38. The molecule has 0 spiro atoms. The van der Waals surface area contributed by atoms with Gasteiger partial charge in [0.25, 0.3) is 5.56 Å². The number of furan rings is 1. The number of aromatic nitrogens is 2. The van der Waals surface area contributed by atoms with E-state index in [0.29, 0.717) is 38.6 Å². The van der Waals surface area contributed by atoms with Gasteiger partial charge in [-0.3, -0.25) is 4.79 Å². The van der Waals surface area contributed by atoms with Crippen LogP contribution in [0.5, 0.6) is 5.75 Å². The van der Waals surface area contributed by atoms with Crippen molar-refractivity contribution in [3.8, 4) is 17.3 Å². The first-order valence-electron chi connectivity index (χ1n) is 11.6. The lowest BCUT2D eigenvalue weighted by Crippen LogP contribution is -2.20. The maximum absolute atomic E-state index is 13.4. The SMILES string of the molecule is CC(C)OC(=O)COc1ccc(C=Nn2c(-c3cc4cc(Cl)ccc4o3)nc3ccccc3c2=O)cc1. The summed E-state index contributed by atoms with van der Waals surface area (Å²) in [5.74, 6) is 0.707. The number of benzene rings is 3. The zero-order valence-corrected chi connectivity index (χ0v) is 20.8. The Morgan fingerprint density at radius 1 is 1.11 bits per heavy atom. The van der Waals surface area contributed by atoms with Crippen molar-refractivity contribution in [2.24, 2.45) is 5.10 Å². The number of hydrogen-bond donors (Lipinski definition) is 0. The number of rotatable bonds is 7. The lowest BCUT2D eigenvalue weighted by atomic mass is 10.2. The van der Waals surface area contributed by atoms with Crippen molar-refractivity contribution in [3.63, 3.8) is 0 Å². The molecule has 0 aliphatic rings. The van der Waals surface area contributed by atoms with Gasteiger partial charge in [0.2, 0.25) is 5.82 Å². The monoisotopic (exact) mass is 515 g/mol. The van der Waals surface area contributed by atoms with Gasteiger partial charge in [0.05, 0.1) is 23.2 Å². The molecule has 0 radical (unpaired) electrons. The zero-order valence-electron chi connectivity index (χ0n) is 20.1. The van der Waals surface area contributed by atoms with E-state index in [0.717, 1.165) is 5.39 Å². The molecule has 0 fully saturated rings. The smallest absolute Gasteiger partial charge is 0.344 e. The molecular formula is C28H22ClN3O5. The number of carbonyl (C=O) groups excluding carboxylic acids is 1. The van der Waals surface area contributed by atoms with E-state index in [-0.39, 0.29) is 24.1 Å². The van der Waals surface area contributed by atoms with Crippen molar-refractivity contribution in [2.75, 3.05) is 6.61 Å². The van der Waals surface area contributed by atoms with Gasteiger partial charge in [-0.05, 0) is 80.1 Å². The number of halogens is 1. The average Bonchev–Trinajstić information content (AvgIpc) is 3.30. The molecule has 0 aliphatic carbocycles. The molecule has 0 unspecified atom stereocenters. The summed E-state index contributed by atoms with van der Waals surface area (Å²) >= 11 is 6.12. The van der Waals surface area contributed by atoms with Crippen molar-refractivity contribution in [1.29, 1.82) is 0 Å². The van der Waals surface area contributed by atoms with E-state index in [1.807, 2.05) is 6.07 Å². The van der Waals surface area contributed by atoms with Gasteiger partial charge in [-0.25, -0.2) is 9.78 Å². The number of ether oxygens (including phenoxy) is 2. The minimum absolute atomic E-state index is 0.185. The highest BCUT2D eigenvalue weighted by Crippen LogP contribution is 2.29. The number of para-hydroxylation sites is 1. The van der Waals surface area contributed by atoms with Crippen LogP contribution >= 0.6 is 11.6 Å². The highest BCUT2D eigenvalue weighted by atomic mass is 35.5. The van der Waals surface area contributed by atoms with Crippen molar-refractivity contribution >= 4 is 45.7 Å². The Hall–Kier alpha value is -4.43. The number of carbonyl (C=O) groups is 1. The minimum atomic E-state index is -0.441. The molecule has 0 amide bonds. The molecule has 186 valence electrons. The van der Waals surface area contributed by atoms with E-state index in [2.05, 4.69) is 10.1 Å². The van der Waals surface area contributed by atoms with Crippen LogP contribution in [0.3, 0.4) is 0 Å². The Morgan fingerprint density at radius 2 is 1.89 bits per heavy atom. The fourth-order valence-electron chi connectivity index (χ4n) is 3.73. The van der Waals surface area contributed by atoms with Crippen molar-refractivity contribution in [1.82, 2.24) is 9.66 Å². The topological polar surface area (TPSA) is 95.9 Å². The lowest BCUT2D eigenvalue weighted by Gasteiger charge is -2.09. The third kappa shape index (κ3) is 5.39. The van der Waals surface area contributed by atoms with Gasteiger partial charge in [-0.15, -0.1) is 0 Å². The summed E-state index contributed by atoms with van der Waals surface area (Å²) in [6, 6.07) is 21.0. The quantitative estimate of drug-likeness (QED) is 0.204. The van der Waals surface area contributed by atoms with Gasteiger partial charge in [0.1, 0.15) is 11.3 Å². The molecule has 0 saturated heterocycles. The molecule has 2 heterocycles. The van der Waals surface area contributed by atoms with E-state index in [4.69, 9.17) is 25.5 Å². The van der Waals surface area contributed by atoms with E-state index in [1.54, 1.807) is 80.6 Å². The molecule has 0 N–H and O–H groups in total. The number of hydrogen-bond acceptors (Lipinski definition) is 7. The molecule has 0 atom stereocenters. The highest BCUT2D eigenvalue weighted by Gasteiger charge is 2.16. The third-order valence-corrected chi connectivity index (χ3v) is 5.61. The van der Waals surface area contributed by atoms with Crippen LogP contribution in [0.25, 0.3) is 33.5 Å². The first-order chi connectivity index (χ1) is 17.9. The van der Waals surface area contributed by atoms with Gasteiger partial charge in [0, 0.05) is 10.4 Å².